The molecule has 0 unspecified atom stereocenters. The number of nitrogens with one attached hydrogen (secondary N) is 1. The molecule has 0 aromatic carbocycles. The van der Waals surface area contributed by atoms with E-state index >= 15 is 0 Å². The third kappa shape index (κ3) is 3.11. The Morgan fingerprint density at radius 1 is 1.33 bits per heavy atom. The molecule has 3 atom stereocenters. The Morgan fingerprint density at radius 3 is 2.57 bits per heavy atom. The van der Waals surface area contributed by atoms with Crippen LogP contribution >= 0.6 is 0 Å². The second kappa shape index (κ2) is 5.54. The molecule has 2 bridgehead atoms. The van der Waals surface area contributed by atoms with E-state index in [9.17, 15) is 14.4 Å². The van der Waals surface area contributed by atoms with Crippen molar-refractivity contribution < 1.29 is 23.9 Å². The summed E-state index contributed by atoms with van der Waals surface area (Å²) < 4.78 is 10.3. The van der Waals surface area contributed by atoms with E-state index in [0.717, 1.165) is 0 Å². The lowest BCUT2D eigenvalue weighted by molar-refractivity contribution is -0.152. The maximum atomic E-state index is 12.3. The standard InChI is InChI=1S/C14H22N2O5/c1-5-20-12(18)10-8-6-7-9(11(17)15-10)16(8)13(19)21-14(2,3)4/h8-10H,5-7H2,1-4H3,(H,15,17)/t8-,9+,10-/m0/s1. The number of rotatable bonds is 2. The average molecular weight is 298 g/mol. The van der Waals surface area contributed by atoms with Crippen LogP contribution in [0.5, 0.6) is 0 Å². The summed E-state index contributed by atoms with van der Waals surface area (Å²) >= 11 is 0. The van der Waals surface area contributed by atoms with Gasteiger partial charge in [-0.1, -0.05) is 0 Å². The van der Waals surface area contributed by atoms with E-state index in [1.54, 1.807) is 27.7 Å². The Morgan fingerprint density at radius 2 is 2.00 bits per heavy atom. The van der Waals surface area contributed by atoms with Gasteiger partial charge in [0.1, 0.15) is 17.7 Å². The Labute approximate surface area is 123 Å². The molecular weight excluding hydrogens is 276 g/mol. The van der Waals surface area contributed by atoms with Gasteiger partial charge in [-0.05, 0) is 40.5 Å². The van der Waals surface area contributed by atoms with E-state index < -0.39 is 35.8 Å². The molecule has 0 aromatic rings. The third-order valence-electron chi connectivity index (χ3n) is 3.56. The normalized spacial score (nSPS) is 28.1. The maximum Gasteiger partial charge on any atom is 0.411 e. The zero-order valence-corrected chi connectivity index (χ0v) is 12.8. The van der Waals surface area contributed by atoms with Crippen molar-refractivity contribution in [2.24, 2.45) is 0 Å². The fourth-order valence-electron chi connectivity index (χ4n) is 2.79. The minimum atomic E-state index is -0.816. The summed E-state index contributed by atoms with van der Waals surface area (Å²) in [5, 5.41) is 2.65. The van der Waals surface area contributed by atoms with Crippen molar-refractivity contribution in [2.75, 3.05) is 6.61 Å². The minimum absolute atomic E-state index is 0.230. The van der Waals surface area contributed by atoms with Crippen molar-refractivity contribution >= 4 is 18.0 Å². The van der Waals surface area contributed by atoms with E-state index in [4.69, 9.17) is 9.47 Å². The lowest BCUT2D eigenvalue weighted by atomic mass is 10.1. The van der Waals surface area contributed by atoms with Crippen molar-refractivity contribution in [3.8, 4) is 0 Å². The van der Waals surface area contributed by atoms with Gasteiger partial charge >= 0.3 is 12.1 Å². The third-order valence-corrected chi connectivity index (χ3v) is 3.56. The molecule has 2 saturated heterocycles. The molecule has 2 fully saturated rings. The number of carbonyl (C=O) groups excluding carboxylic acids is 3. The van der Waals surface area contributed by atoms with E-state index in [-0.39, 0.29) is 12.5 Å². The van der Waals surface area contributed by atoms with Crippen LogP contribution in [-0.4, -0.2) is 53.2 Å². The summed E-state index contributed by atoms with van der Waals surface area (Å²) in [6.07, 6.45) is 0.553. The van der Waals surface area contributed by atoms with Crippen LogP contribution in [-0.2, 0) is 19.1 Å². The van der Waals surface area contributed by atoms with Gasteiger partial charge in [0, 0.05) is 0 Å². The number of nitrogens with zero attached hydrogens (tertiary/aromatic N) is 1. The number of hydrogen-bond donors (Lipinski definition) is 1. The van der Waals surface area contributed by atoms with Crippen LogP contribution in [0.3, 0.4) is 0 Å². The molecule has 2 aliphatic rings. The van der Waals surface area contributed by atoms with E-state index in [0.29, 0.717) is 12.8 Å². The van der Waals surface area contributed by atoms with Gasteiger partial charge in [-0.2, -0.15) is 0 Å². The number of ether oxygens (including phenoxy) is 2. The van der Waals surface area contributed by atoms with Crippen molar-refractivity contribution in [2.45, 2.75) is 64.3 Å². The van der Waals surface area contributed by atoms with Crippen molar-refractivity contribution in [3.05, 3.63) is 0 Å². The molecule has 118 valence electrons. The maximum absolute atomic E-state index is 12.3. The monoisotopic (exact) mass is 298 g/mol. The number of carbonyl (C=O) groups is 3. The fourth-order valence-corrected chi connectivity index (χ4v) is 2.79. The highest BCUT2D eigenvalue weighted by atomic mass is 16.6. The quantitative estimate of drug-likeness (QED) is 0.763. The lowest BCUT2D eigenvalue weighted by Gasteiger charge is -2.39. The fraction of sp³-hybridized carbons (Fsp3) is 0.786. The van der Waals surface area contributed by atoms with Gasteiger partial charge in [-0.15, -0.1) is 0 Å². The van der Waals surface area contributed by atoms with Crippen LogP contribution in [0.4, 0.5) is 4.79 Å². The van der Waals surface area contributed by atoms with E-state index in [1.165, 1.54) is 4.90 Å². The second-order valence-electron chi connectivity index (χ2n) is 6.29. The molecule has 0 aromatic heterocycles. The molecular formula is C14H22N2O5. The van der Waals surface area contributed by atoms with Crippen LogP contribution in [0.1, 0.15) is 40.5 Å². The molecule has 2 amide bonds. The minimum Gasteiger partial charge on any atom is -0.464 e. The van der Waals surface area contributed by atoms with Gasteiger partial charge in [0.05, 0.1) is 12.6 Å². The number of amides is 2. The first kappa shape index (κ1) is 15.6. The highest BCUT2D eigenvalue weighted by Crippen LogP contribution is 2.32. The van der Waals surface area contributed by atoms with Gasteiger partial charge in [-0.25, -0.2) is 9.59 Å². The molecule has 2 aliphatic heterocycles. The molecule has 7 heteroatoms. The van der Waals surface area contributed by atoms with Gasteiger partial charge < -0.3 is 14.8 Å². The molecule has 1 N–H and O–H groups in total. The first-order valence-corrected chi connectivity index (χ1v) is 7.23. The van der Waals surface area contributed by atoms with Crippen molar-refractivity contribution in [3.63, 3.8) is 0 Å². The number of piperazine rings is 1. The average Bonchev–Trinajstić information content (AvgIpc) is 2.71. The molecule has 7 nitrogen and oxygen atoms in total. The van der Waals surface area contributed by atoms with E-state index in [1.807, 2.05) is 0 Å². The van der Waals surface area contributed by atoms with Crippen LogP contribution in [0, 0.1) is 0 Å². The molecule has 0 spiro atoms. The molecule has 2 heterocycles. The molecule has 0 radical (unpaired) electrons. The molecule has 0 saturated carbocycles. The molecule has 0 aliphatic carbocycles. The zero-order chi connectivity index (χ0) is 15.8. The van der Waals surface area contributed by atoms with Crippen LogP contribution in [0.25, 0.3) is 0 Å². The SMILES string of the molecule is CCOC(=O)[C@H]1NC(=O)[C@H]2CC[C@@H]1N2C(=O)OC(C)(C)C. The van der Waals surface area contributed by atoms with Crippen molar-refractivity contribution in [1.82, 2.24) is 10.2 Å². The van der Waals surface area contributed by atoms with Gasteiger partial charge in [0.15, 0.2) is 0 Å². The number of hydrogen-bond acceptors (Lipinski definition) is 5. The highest BCUT2D eigenvalue weighted by molar-refractivity contribution is 5.93. The largest absolute Gasteiger partial charge is 0.464 e. The smallest absolute Gasteiger partial charge is 0.411 e. The Bertz CT molecular complexity index is 457. The summed E-state index contributed by atoms with van der Waals surface area (Å²) in [7, 11) is 0. The van der Waals surface area contributed by atoms with Gasteiger partial charge in [0.25, 0.3) is 0 Å². The summed E-state index contributed by atoms with van der Waals surface area (Å²) in [5.74, 6) is -0.836. The predicted molar refractivity (Wildman–Crippen MR) is 73.4 cm³/mol. The van der Waals surface area contributed by atoms with Gasteiger partial charge in [-0.3, -0.25) is 9.69 Å². The van der Waals surface area contributed by atoms with Crippen molar-refractivity contribution in [1.29, 1.82) is 0 Å². The van der Waals surface area contributed by atoms with Crippen LogP contribution in [0.2, 0.25) is 0 Å². The summed E-state index contributed by atoms with van der Waals surface area (Å²) in [6.45, 7) is 7.22. The Kier molecular flexibility index (Phi) is 4.11. The Hall–Kier alpha value is -1.79. The Balaban J connectivity index is 2.20. The molecule has 2 rings (SSSR count). The second-order valence-corrected chi connectivity index (χ2v) is 6.29. The predicted octanol–water partition coefficient (Wildman–Crippen LogP) is 0.816. The van der Waals surface area contributed by atoms with Crippen LogP contribution < -0.4 is 5.32 Å². The van der Waals surface area contributed by atoms with Crippen LogP contribution in [0.15, 0.2) is 0 Å². The summed E-state index contributed by atoms with van der Waals surface area (Å²) in [4.78, 5) is 37.8. The number of esters is 1. The zero-order valence-electron chi connectivity index (χ0n) is 12.8. The van der Waals surface area contributed by atoms with Gasteiger partial charge in [0.2, 0.25) is 5.91 Å². The topological polar surface area (TPSA) is 84.9 Å². The first-order valence-electron chi connectivity index (χ1n) is 7.23. The summed E-state index contributed by atoms with van der Waals surface area (Å²) in [6, 6.07) is -1.78. The first-order chi connectivity index (χ1) is 9.74. The highest BCUT2D eigenvalue weighted by Gasteiger charge is 2.53. The summed E-state index contributed by atoms with van der Waals surface area (Å²) in [5.41, 5.74) is -0.649. The molecule has 21 heavy (non-hydrogen) atoms. The van der Waals surface area contributed by atoms with E-state index in [2.05, 4.69) is 5.32 Å². The number of fused-ring (bicyclic) bond motifs is 2. The lowest BCUT2D eigenvalue weighted by Crippen LogP contribution is -2.65.